The summed E-state index contributed by atoms with van der Waals surface area (Å²) in [5.74, 6) is -0.950. The Hall–Kier alpha value is -4.45. The molecule has 0 aliphatic rings. The van der Waals surface area contributed by atoms with E-state index in [1.54, 1.807) is 0 Å². The summed E-state index contributed by atoms with van der Waals surface area (Å²) in [4.78, 5) is 61.4. The number of hydrogen-bond acceptors (Lipinski definition) is 8. The van der Waals surface area contributed by atoms with E-state index in [9.17, 15) is 24.0 Å². The van der Waals surface area contributed by atoms with Crippen LogP contribution in [0.1, 0.15) is 62.5 Å². The summed E-state index contributed by atoms with van der Waals surface area (Å²) >= 11 is 0. The fourth-order valence-electron chi connectivity index (χ4n) is 4.27. The zero-order valence-corrected chi connectivity index (χ0v) is 25.8. The molecule has 0 bridgehead atoms. The second-order valence-corrected chi connectivity index (χ2v) is 10.5. The highest BCUT2D eigenvalue weighted by Crippen LogP contribution is 2.06. The first-order valence-corrected chi connectivity index (χ1v) is 15.4. The third kappa shape index (κ3) is 19.4. The third-order valence-corrected chi connectivity index (χ3v) is 6.77. The first-order chi connectivity index (χ1) is 21.8. The number of carboxylic acids is 1. The highest BCUT2D eigenvalue weighted by Gasteiger charge is 2.12. The van der Waals surface area contributed by atoms with Crippen LogP contribution in [-0.4, -0.2) is 79.1 Å². The minimum Gasteiger partial charge on any atom is -0.481 e. The van der Waals surface area contributed by atoms with Crippen molar-refractivity contribution in [3.8, 4) is 0 Å². The number of unbranched alkanes of at least 4 members (excludes halogenated alkanes) is 2. The Kier molecular flexibility index (Phi) is 18.8. The number of nitrogens with zero attached hydrogens (tertiary/aromatic N) is 1. The summed E-state index contributed by atoms with van der Waals surface area (Å²) in [7, 11) is 0. The second-order valence-electron chi connectivity index (χ2n) is 10.5. The lowest BCUT2D eigenvalue weighted by atomic mass is 10.1. The SMILES string of the molecule is O=C(O)CCCCCN(CCC(=O)CCCNC(=O)OCc1ccccc1)CCC(=O)NCCNC(=O)OCc1ccccc1. The molecular weight excluding hydrogens is 580 g/mol. The normalized spacial score (nSPS) is 10.6. The minimum absolute atomic E-state index is 0.0556. The average molecular weight is 627 g/mol. The molecule has 45 heavy (non-hydrogen) atoms. The number of carboxylic acid groups (broad SMARTS) is 1. The van der Waals surface area contributed by atoms with Crippen molar-refractivity contribution in [2.75, 3.05) is 39.3 Å². The van der Waals surface area contributed by atoms with Crippen LogP contribution in [0.4, 0.5) is 9.59 Å². The van der Waals surface area contributed by atoms with Crippen molar-refractivity contribution in [2.24, 2.45) is 0 Å². The molecule has 0 atom stereocenters. The quantitative estimate of drug-likeness (QED) is 0.133. The molecule has 0 aliphatic heterocycles. The summed E-state index contributed by atoms with van der Waals surface area (Å²) in [6.45, 7) is 2.70. The van der Waals surface area contributed by atoms with Gasteiger partial charge in [-0.15, -0.1) is 0 Å². The average Bonchev–Trinajstić information content (AvgIpc) is 3.04. The van der Waals surface area contributed by atoms with Crippen LogP contribution in [0.5, 0.6) is 0 Å². The maximum absolute atomic E-state index is 12.5. The number of ketones is 1. The third-order valence-electron chi connectivity index (χ3n) is 6.77. The number of rotatable bonds is 23. The van der Waals surface area contributed by atoms with E-state index < -0.39 is 18.2 Å². The molecule has 4 N–H and O–H groups in total. The monoisotopic (exact) mass is 626 g/mol. The zero-order valence-electron chi connectivity index (χ0n) is 25.8. The minimum atomic E-state index is -0.827. The number of benzene rings is 2. The number of carbonyl (C=O) groups excluding carboxylic acids is 4. The van der Waals surface area contributed by atoms with Crippen molar-refractivity contribution in [3.63, 3.8) is 0 Å². The molecule has 246 valence electrons. The maximum atomic E-state index is 12.5. The molecule has 0 heterocycles. The number of carbonyl (C=O) groups is 5. The molecule has 0 fully saturated rings. The van der Waals surface area contributed by atoms with E-state index >= 15 is 0 Å². The number of hydrogen-bond donors (Lipinski definition) is 4. The van der Waals surface area contributed by atoms with Gasteiger partial charge < -0.3 is 35.4 Å². The molecule has 0 aliphatic carbocycles. The fraction of sp³-hybridized carbons (Fsp3) is 0.485. The highest BCUT2D eigenvalue weighted by molar-refractivity contribution is 5.78. The van der Waals surface area contributed by atoms with Gasteiger partial charge in [-0.2, -0.15) is 0 Å². The number of alkyl carbamates (subject to hydrolysis) is 2. The highest BCUT2D eigenvalue weighted by atomic mass is 16.6. The molecular formula is C33H46N4O8. The summed E-state index contributed by atoms with van der Waals surface area (Å²) in [5.41, 5.74) is 1.77. The largest absolute Gasteiger partial charge is 0.481 e. The Morgan fingerprint density at radius 1 is 0.578 bits per heavy atom. The molecule has 2 aromatic carbocycles. The first kappa shape index (κ1) is 36.7. The number of ether oxygens (including phenoxy) is 2. The molecule has 12 heteroatoms. The Morgan fingerprint density at radius 3 is 1.73 bits per heavy atom. The van der Waals surface area contributed by atoms with Crippen molar-refractivity contribution in [3.05, 3.63) is 71.8 Å². The molecule has 0 radical (unpaired) electrons. The van der Waals surface area contributed by atoms with Gasteiger partial charge in [0, 0.05) is 58.4 Å². The van der Waals surface area contributed by atoms with E-state index in [0.717, 1.165) is 24.0 Å². The Labute approximate surface area is 264 Å². The maximum Gasteiger partial charge on any atom is 0.407 e. The Morgan fingerprint density at radius 2 is 1.13 bits per heavy atom. The van der Waals surface area contributed by atoms with Gasteiger partial charge in [-0.25, -0.2) is 9.59 Å². The van der Waals surface area contributed by atoms with Gasteiger partial charge in [0.15, 0.2) is 0 Å². The molecule has 0 unspecified atom stereocenters. The van der Waals surface area contributed by atoms with Crippen LogP contribution < -0.4 is 16.0 Å². The molecule has 2 rings (SSSR count). The van der Waals surface area contributed by atoms with Crippen LogP contribution in [-0.2, 0) is 37.1 Å². The van der Waals surface area contributed by atoms with E-state index in [0.29, 0.717) is 51.9 Å². The lowest BCUT2D eigenvalue weighted by Crippen LogP contribution is -2.37. The fourth-order valence-corrected chi connectivity index (χ4v) is 4.27. The van der Waals surface area contributed by atoms with Gasteiger partial charge in [0.25, 0.3) is 0 Å². The number of Topliss-reactive ketones (excluding diaryl/α,β-unsaturated/α-hetero) is 1. The summed E-state index contributed by atoms with van der Waals surface area (Å²) in [6.07, 6.45) is 2.42. The molecule has 0 saturated carbocycles. The van der Waals surface area contributed by atoms with Crippen LogP contribution in [0.25, 0.3) is 0 Å². The molecule has 3 amide bonds. The predicted octanol–water partition coefficient (Wildman–Crippen LogP) is 4.03. The van der Waals surface area contributed by atoms with Crippen LogP contribution >= 0.6 is 0 Å². The summed E-state index contributed by atoms with van der Waals surface area (Å²) < 4.78 is 10.3. The Balaban J connectivity index is 1.62. The van der Waals surface area contributed by atoms with Crippen molar-refractivity contribution < 1.29 is 38.6 Å². The van der Waals surface area contributed by atoms with E-state index in [1.165, 1.54) is 0 Å². The standard InChI is InChI=1S/C33H46N4O8/c38-29(15-10-19-35-32(42)44-25-27-11-4-1-5-12-27)17-23-37(22-9-3-8-16-31(40)41)24-18-30(39)34-20-21-36-33(43)45-26-28-13-6-2-7-14-28/h1-2,4-7,11-14H,3,8-10,15-26H2,(H,34,39)(H,35,42)(H,36,43)(H,40,41). The number of nitrogens with one attached hydrogen (secondary N) is 3. The lowest BCUT2D eigenvalue weighted by Gasteiger charge is -2.22. The number of amides is 3. The van der Waals surface area contributed by atoms with Crippen molar-refractivity contribution in [1.29, 1.82) is 0 Å². The van der Waals surface area contributed by atoms with Gasteiger partial charge in [0.05, 0.1) is 0 Å². The van der Waals surface area contributed by atoms with Crippen molar-refractivity contribution >= 4 is 29.8 Å². The second kappa shape index (κ2) is 23.0. The van der Waals surface area contributed by atoms with E-state index in [2.05, 4.69) is 16.0 Å². The van der Waals surface area contributed by atoms with Crippen LogP contribution in [0.3, 0.4) is 0 Å². The Bertz CT molecular complexity index is 1080. The van der Waals surface area contributed by atoms with E-state index in [-0.39, 0.29) is 50.8 Å². The van der Waals surface area contributed by atoms with Crippen LogP contribution in [0.2, 0.25) is 0 Å². The number of aliphatic carboxylic acids is 1. The molecule has 12 nitrogen and oxygen atoms in total. The lowest BCUT2D eigenvalue weighted by molar-refractivity contribution is -0.137. The topological polar surface area (TPSA) is 163 Å². The predicted molar refractivity (Wildman–Crippen MR) is 168 cm³/mol. The van der Waals surface area contributed by atoms with Crippen molar-refractivity contribution in [1.82, 2.24) is 20.9 Å². The molecule has 0 saturated heterocycles. The van der Waals surface area contributed by atoms with Gasteiger partial charge in [0.2, 0.25) is 5.91 Å². The summed E-state index contributed by atoms with van der Waals surface area (Å²) in [6, 6.07) is 18.7. The van der Waals surface area contributed by atoms with Gasteiger partial charge in [-0.1, -0.05) is 67.1 Å². The smallest absolute Gasteiger partial charge is 0.407 e. The van der Waals surface area contributed by atoms with E-state index in [4.69, 9.17) is 14.6 Å². The molecule has 0 aromatic heterocycles. The molecule has 2 aromatic rings. The van der Waals surface area contributed by atoms with Crippen LogP contribution in [0.15, 0.2) is 60.7 Å². The first-order valence-electron chi connectivity index (χ1n) is 15.4. The van der Waals surface area contributed by atoms with E-state index in [1.807, 2.05) is 65.6 Å². The van der Waals surface area contributed by atoms with Gasteiger partial charge >= 0.3 is 18.2 Å². The van der Waals surface area contributed by atoms with Crippen molar-refractivity contribution in [2.45, 2.75) is 64.6 Å². The van der Waals surface area contributed by atoms with Gasteiger partial charge in [0.1, 0.15) is 19.0 Å². The van der Waals surface area contributed by atoms with Gasteiger partial charge in [-0.3, -0.25) is 14.4 Å². The molecule has 0 spiro atoms. The zero-order chi connectivity index (χ0) is 32.5. The van der Waals surface area contributed by atoms with Gasteiger partial charge in [-0.05, 0) is 36.9 Å². The summed E-state index contributed by atoms with van der Waals surface area (Å²) in [5, 5.41) is 16.9. The van der Waals surface area contributed by atoms with Crippen LogP contribution in [0, 0.1) is 0 Å².